The second-order valence-corrected chi connectivity index (χ2v) is 10.5. The molecule has 2 aliphatic rings. The first kappa shape index (κ1) is 26.1. The third-order valence-corrected chi connectivity index (χ3v) is 8.04. The minimum atomic E-state index is -0.310. The fourth-order valence-corrected chi connectivity index (χ4v) is 6.10. The van der Waals surface area contributed by atoms with Gasteiger partial charge >= 0.3 is 6.03 Å². The van der Waals surface area contributed by atoms with Gasteiger partial charge in [-0.25, -0.2) is 9.78 Å². The average Bonchev–Trinajstić information content (AvgIpc) is 3.32. The Morgan fingerprint density at radius 1 is 1.28 bits per heavy atom. The maximum Gasteiger partial charge on any atom is 0.331 e. The normalized spacial score (nSPS) is 17.6. The Kier molecular flexibility index (Phi) is 7.42. The molecule has 3 aromatic rings. The van der Waals surface area contributed by atoms with Crippen LogP contribution in [-0.2, 0) is 4.79 Å². The molecule has 1 atom stereocenters. The second-order valence-electron chi connectivity index (χ2n) is 9.46. The van der Waals surface area contributed by atoms with Gasteiger partial charge in [-0.2, -0.15) is 0 Å². The number of nitrogens with one attached hydrogen (secondary N) is 2. The first-order valence-corrected chi connectivity index (χ1v) is 13.5. The number of aromatic nitrogens is 1. The van der Waals surface area contributed by atoms with E-state index in [1.165, 1.54) is 17.4 Å². The summed E-state index contributed by atoms with van der Waals surface area (Å²) in [4.78, 5) is 39.3. The van der Waals surface area contributed by atoms with Crippen molar-refractivity contribution in [1.82, 2.24) is 15.2 Å². The Labute approximate surface area is 231 Å². The molecule has 5 rings (SSSR count). The molecular weight excluding hydrogens is 508 g/mol. The number of urea groups is 1. The van der Waals surface area contributed by atoms with Crippen LogP contribution in [0.25, 0.3) is 21.5 Å². The summed E-state index contributed by atoms with van der Waals surface area (Å²) in [5.41, 5.74) is 4.69. The lowest BCUT2D eigenvalue weighted by atomic mass is 10.0. The minimum absolute atomic E-state index is 0.0510. The topological polar surface area (TPSA) is 89.9 Å². The summed E-state index contributed by atoms with van der Waals surface area (Å²) in [6, 6.07) is 11.5. The number of pyridine rings is 1. The Bertz CT molecular complexity index is 1540. The molecule has 3 amide bonds. The van der Waals surface area contributed by atoms with Gasteiger partial charge < -0.3 is 15.5 Å². The predicted octanol–water partition coefficient (Wildman–Crippen LogP) is 6.03. The number of anilines is 2. The minimum Gasteiger partial charge on any atom is -0.380 e. The Balaban J connectivity index is 1.48. The van der Waals surface area contributed by atoms with Gasteiger partial charge in [-0.05, 0) is 55.8 Å². The molecule has 0 bridgehead atoms. The van der Waals surface area contributed by atoms with E-state index in [2.05, 4.69) is 40.5 Å². The zero-order valence-electron chi connectivity index (χ0n) is 21.8. The van der Waals surface area contributed by atoms with Crippen LogP contribution in [0.15, 0.2) is 84.8 Å². The van der Waals surface area contributed by atoms with E-state index in [9.17, 15) is 9.59 Å². The molecule has 1 saturated heterocycles. The number of hydrogen-bond acceptors (Lipinski definition) is 6. The van der Waals surface area contributed by atoms with E-state index < -0.39 is 0 Å². The van der Waals surface area contributed by atoms with Crippen molar-refractivity contribution in [3.05, 3.63) is 90.2 Å². The van der Waals surface area contributed by atoms with Crippen molar-refractivity contribution < 1.29 is 9.59 Å². The Morgan fingerprint density at radius 2 is 2.08 bits per heavy atom. The van der Waals surface area contributed by atoms with E-state index in [0.717, 1.165) is 45.6 Å². The van der Waals surface area contributed by atoms with Crippen LogP contribution in [0, 0.1) is 0 Å². The van der Waals surface area contributed by atoms with Crippen molar-refractivity contribution >= 4 is 62.9 Å². The standard InChI is InChI=1S/C30H30N6O2S/c1-5-25(37)35-15-9-12-22(18-35)33-20(3)28-27-26-24(13-14-32-29(26)39-28)36(30(38)34-27)23(17-31-4)16-19(2)21-10-7-6-8-11-21/h5-8,10-11,13-14,16-17,22,33H,1,3-4,9,12,15,18H2,2H3,(H,34,38)/b19-16+,23-17+/t22-/m1/s1. The smallest absolute Gasteiger partial charge is 0.331 e. The number of carbonyl (C=O) groups is 2. The lowest BCUT2D eigenvalue weighted by molar-refractivity contribution is -0.127. The van der Waals surface area contributed by atoms with Gasteiger partial charge in [-0.3, -0.25) is 14.7 Å². The monoisotopic (exact) mass is 538 g/mol. The highest BCUT2D eigenvalue weighted by Crippen LogP contribution is 2.46. The molecule has 0 aliphatic carbocycles. The number of carbonyl (C=O) groups excluding carboxylic acids is 2. The molecule has 1 fully saturated rings. The zero-order valence-corrected chi connectivity index (χ0v) is 22.6. The van der Waals surface area contributed by atoms with Crippen LogP contribution < -0.4 is 15.5 Å². The highest BCUT2D eigenvalue weighted by Gasteiger charge is 2.33. The number of rotatable bonds is 8. The molecule has 0 radical (unpaired) electrons. The fraction of sp³-hybridized carbons (Fsp3) is 0.200. The molecule has 39 heavy (non-hydrogen) atoms. The number of hydrogen-bond donors (Lipinski definition) is 2. The largest absolute Gasteiger partial charge is 0.380 e. The van der Waals surface area contributed by atoms with Gasteiger partial charge in [0.05, 0.1) is 33.5 Å². The van der Waals surface area contributed by atoms with Crippen molar-refractivity contribution in [2.45, 2.75) is 25.8 Å². The molecule has 198 valence electrons. The van der Waals surface area contributed by atoms with Crippen LogP contribution in [-0.4, -0.2) is 47.7 Å². The highest BCUT2D eigenvalue weighted by atomic mass is 32.1. The lowest BCUT2D eigenvalue weighted by Gasteiger charge is -2.33. The first-order chi connectivity index (χ1) is 18.9. The summed E-state index contributed by atoms with van der Waals surface area (Å²) in [6.45, 7) is 14.8. The number of aliphatic imine (C=N–C) groups is 1. The molecule has 8 nitrogen and oxygen atoms in total. The van der Waals surface area contributed by atoms with Gasteiger partial charge in [0.25, 0.3) is 0 Å². The molecule has 2 aromatic heterocycles. The number of nitrogens with zero attached hydrogens (tertiary/aromatic N) is 4. The molecule has 9 heteroatoms. The number of amides is 3. The lowest BCUT2D eigenvalue weighted by Crippen LogP contribution is -2.46. The number of likely N-dealkylation sites (tertiary alicyclic amines) is 1. The maximum atomic E-state index is 13.6. The molecular formula is C30H30N6O2S. The third kappa shape index (κ3) is 5.13. The summed E-state index contributed by atoms with van der Waals surface area (Å²) in [7, 11) is 0. The van der Waals surface area contributed by atoms with Crippen molar-refractivity contribution in [2.24, 2.45) is 4.99 Å². The van der Waals surface area contributed by atoms with Gasteiger partial charge in [0.2, 0.25) is 5.91 Å². The molecule has 0 saturated carbocycles. The zero-order chi connectivity index (χ0) is 27.5. The molecule has 4 heterocycles. The number of thiophene rings is 1. The fourth-order valence-electron chi connectivity index (χ4n) is 5.05. The molecule has 2 aliphatic heterocycles. The number of allylic oxidation sites excluding steroid dienone is 2. The Hall–Kier alpha value is -4.50. The van der Waals surface area contributed by atoms with Crippen LogP contribution in [0.4, 0.5) is 16.2 Å². The van der Waals surface area contributed by atoms with Gasteiger partial charge in [-0.1, -0.05) is 43.5 Å². The highest BCUT2D eigenvalue weighted by molar-refractivity contribution is 7.20. The van der Waals surface area contributed by atoms with Crippen molar-refractivity contribution in [3.8, 4) is 0 Å². The van der Waals surface area contributed by atoms with Gasteiger partial charge in [-0.15, -0.1) is 11.3 Å². The summed E-state index contributed by atoms with van der Waals surface area (Å²) in [6.07, 6.45) is 8.37. The third-order valence-electron chi connectivity index (χ3n) is 6.88. The quantitative estimate of drug-likeness (QED) is 0.208. The Morgan fingerprint density at radius 3 is 2.82 bits per heavy atom. The van der Waals surface area contributed by atoms with E-state index >= 15 is 0 Å². The van der Waals surface area contributed by atoms with Crippen LogP contribution >= 0.6 is 11.3 Å². The second kappa shape index (κ2) is 11.1. The van der Waals surface area contributed by atoms with Crippen molar-refractivity contribution in [1.29, 1.82) is 0 Å². The van der Waals surface area contributed by atoms with Gasteiger partial charge in [0, 0.05) is 31.0 Å². The van der Waals surface area contributed by atoms with Crippen LogP contribution in [0.3, 0.4) is 0 Å². The van der Waals surface area contributed by atoms with Crippen LogP contribution in [0.1, 0.15) is 30.2 Å². The molecule has 0 unspecified atom stereocenters. The number of benzene rings is 1. The van der Waals surface area contributed by atoms with E-state index in [0.29, 0.717) is 29.3 Å². The van der Waals surface area contributed by atoms with Crippen molar-refractivity contribution in [2.75, 3.05) is 23.3 Å². The summed E-state index contributed by atoms with van der Waals surface area (Å²) < 4.78 is 0. The van der Waals surface area contributed by atoms with E-state index in [1.807, 2.05) is 49.4 Å². The maximum absolute atomic E-state index is 13.6. The summed E-state index contributed by atoms with van der Waals surface area (Å²) in [5, 5.41) is 7.40. The van der Waals surface area contributed by atoms with E-state index in [-0.39, 0.29) is 18.0 Å². The van der Waals surface area contributed by atoms with Crippen LogP contribution in [0.5, 0.6) is 0 Å². The van der Waals surface area contributed by atoms with Gasteiger partial charge in [0.15, 0.2) is 0 Å². The predicted molar refractivity (Wildman–Crippen MR) is 161 cm³/mol. The molecule has 0 spiro atoms. The summed E-state index contributed by atoms with van der Waals surface area (Å²) >= 11 is 1.47. The molecule has 2 N–H and O–H groups in total. The SMILES string of the molecule is C=CC(=O)N1CCC[C@@H](NC(=C)c2sc3nccc4c3c2NC(=O)N4C(/C=C(\C)c2ccccc2)=C/N=C)C1. The van der Waals surface area contributed by atoms with E-state index in [4.69, 9.17) is 0 Å². The van der Waals surface area contributed by atoms with Crippen LogP contribution in [0.2, 0.25) is 0 Å². The number of piperidine rings is 1. The van der Waals surface area contributed by atoms with Gasteiger partial charge in [0.1, 0.15) is 4.83 Å². The summed E-state index contributed by atoms with van der Waals surface area (Å²) in [5.74, 6) is -0.0697. The average molecular weight is 539 g/mol. The molecule has 1 aromatic carbocycles. The first-order valence-electron chi connectivity index (χ1n) is 12.7. The van der Waals surface area contributed by atoms with Crippen molar-refractivity contribution in [3.63, 3.8) is 0 Å². The van der Waals surface area contributed by atoms with E-state index in [1.54, 1.807) is 22.2 Å².